The number of nitrogens with one attached hydrogen (secondary N) is 2. The van der Waals surface area contributed by atoms with Crippen molar-refractivity contribution < 1.29 is 24.2 Å². The van der Waals surface area contributed by atoms with E-state index in [1.165, 1.54) is 18.0 Å². The third-order valence-electron chi connectivity index (χ3n) is 3.72. The number of carbonyl (C=O) groups is 3. The van der Waals surface area contributed by atoms with Crippen molar-refractivity contribution in [3.63, 3.8) is 0 Å². The first-order valence-electron chi connectivity index (χ1n) is 8.34. The van der Waals surface area contributed by atoms with Gasteiger partial charge in [-0.3, -0.25) is 9.59 Å². The number of nitrogens with zero attached hydrogens (tertiary/aromatic N) is 1. The molecule has 0 aliphatic carbocycles. The highest BCUT2D eigenvalue weighted by Crippen LogP contribution is 2.36. The maximum atomic E-state index is 12.1. The van der Waals surface area contributed by atoms with Crippen molar-refractivity contribution in [2.45, 2.75) is 16.6 Å². The van der Waals surface area contributed by atoms with Crippen molar-refractivity contribution in [1.29, 1.82) is 0 Å². The zero-order valence-electron chi connectivity index (χ0n) is 14.6. The lowest BCUT2D eigenvalue weighted by Crippen LogP contribution is -2.33. The van der Waals surface area contributed by atoms with E-state index in [9.17, 15) is 14.4 Å². The van der Waals surface area contributed by atoms with E-state index in [1.54, 1.807) is 24.3 Å². The lowest BCUT2D eigenvalue weighted by molar-refractivity contribution is -0.139. The Hall–Kier alpha value is -3.33. The number of carbonyl (C=O) groups excluding carboxylic acids is 2. The molecule has 1 aliphatic heterocycles. The monoisotopic (exact) mass is 399 g/mol. The van der Waals surface area contributed by atoms with Crippen LogP contribution in [-0.2, 0) is 14.4 Å². The van der Waals surface area contributed by atoms with Gasteiger partial charge in [0.1, 0.15) is 5.75 Å². The number of benzene rings is 2. The first-order chi connectivity index (χ1) is 13.5. The molecule has 2 aromatic rings. The molecule has 2 aromatic carbocycles. The van der Waals surface area contributed by atoms with Gasteiger partial charge >= 0.3 is 5.97 Å². The summed E-state index contributed by atoms with van der Waals surface area (Å²) in [5.74, 6) is -1.21. The van der Waals surface area contributed by atoms with Crippen LogP contribution >= 0.6 is 11.8 Å². The molecule has 1 aliphatic rings. The zero-order valence-corrected chi connectivity index (χ0v) is 15.4. The van der Waals surface area contributed by atoms with Gasteiger partial charge in [0.05, 0.1) is 17.2 Å². The fourth-order valence-corrected chi connectivity index (χ4v) is 3.53. The minimum atomic E-state index is -1.05. The Balaban J connectivity index is 1.49. The summed E-state index contributed by atoms with van der Waals surface area (Å²) in [4.78, 5) is 35.6. The molecule has 3 rings (SSSR count). The largest absolute Gasteiger partial charge is 0.482 e. The number of thioether (sulfide) groups is 1. The summed E-state index contributed by atoms with van der Waals surface area (Å²) in [5, 5.41) is 14.7. The Kier molecular flexibility index (Phi) is 6.28. The summed E-state index contributed by atoms with van der Waals surface area (Å²) in [6.07, 6.45) is 1.45. The quantitative estimate of drug-likeness (QED) is 0.485. The predicted octanol–water partition coefficient (Wildman–Crippen LogP) is 2.10. The number of aliphatic carboxylic acids is 1. The molecule has 0 bridgehead atoms. The summed E-state index contributed by atoms with van der Waals surface area (Å²) in [7, 11) is 0. The van der Waals surface area contributed by atoms with Gasteiger partial charge in [-0.1, -0.05) is 12.1 Å². The molecule has 0 fully saturated rings. The molecular weight excluding hydrogens is 382 g/mol. The highest BCUT2D eigenvalue weighted by molar-refractivity contribution is 8.01. The van der Waals surface area contributed by atoms with Crippen molar-refractivity contribution in [3.05, 3.63) is 54.1 Å². The van der Waals surface area contributed by atoms with Gasteiger partial charge in [0.15, 0.2) is 6.61 Å². The molecular formula is C19H17N3O5S. The van der Waals surface area contributed by atoms with Crippen LogP contribution in [0.15, 0.2) is 58.5 Å². The number of carboxylic acids is 1. The zero-order chi connectivity index (χ0) is 19.9. The van der Waals surface area contributed by atoms with Gasteiger partial charge in [0.2, 0.25) is 11.8 Å². The summed E-state index contributed by atoms with van der Waals surface area (Å²) < 4.78 is 5.03. The lowest BCUT2D eigenvalue weighted by atomic mass is 10.2. The first kappa shape index (κ1) is 19.4. The topological polar surface area (TPSA) is 117 Å². The van der Waals surface area contributed by atoms with Crippen LogP contribution in [0.4, 0.5) is 5.69 Å². The molecule has 9 heteroatoms. The maximum absolute atomic E-state index is 12.1. The molecule has 1 heterocycles. The van der Waals surface area contributed by atoms with E-state index in [4.69, 9.17) is 9.84 Å². The van der Waals surface area contributed by atoms with Gasteiger partial charge in [-0.15, -0.1) is 11.8 Å². The molecule has 0 saturated carbocycles. The maximum Gasteiger partial charge on any atom is 0.341 e. The normalized spacial score (nSPS) is 15.6. The number of para-hydroxylation sites is 1. The van der Waals surface area contributed by atoms with Crippen molar-refractivity contribution in [2.24, 2.45) is 5.10 Å². The average Bonchev–Trinajstić information content (AvgIpc) is 2.68. The van der Waals surface area contributed by atoms with Crippen LogP contribution in [0.25, 0.3) is 0 Å². The number of hydrogen-bond donors (Lipinski definition) is 3. The van der Waals surface area contributed by atoms with E-state index in [2.05, 4.69) is 15.8 Å². The van der Waals surface area contributed by atoms with E-state index in [0.29, 0.717) is 11.3 Å². The van der Waals surface area contributed by atoms with Gasteiger partial charge in [-0.2, -0.15) is 5.10 Å². The summed E-state index contributed by atoms with van der Waals surface area (Å²) >= 11 is 1.35. The Morgan fingerprint density at radius 2 is 1.96 bits per heavy atom. The molecule has 2 amide bonds. The van der Waals surface area contributed by atoms with E-state index in [0.717, 1.165) is 10.6 Å². The lowest BCUT2D eigenvalue weighted by Gasteiger charge is -2.23. The van der Waals surface area contributed by atoms with E-state index in [-0.39, 0.29) is 18.2 Å². The van der Waals surface area contributed by atoms with Crippen LogP contribution in [0.5, 0.6) is 5.75 Å². The van der Waals surface area contributed by atoms with Crippen LogP contribution in [0.1, 0.15) is 12.0 Å². The molecule has 144 valence electrons. The van der Waals surface area contributed by atoms with Crippen LogP contribution in [-0.4, -0.2) is 41.0 Å². The summed E-state index contributed by atoms with van der Waals surface area (Å²) in [6.45, 7) is -0.416. The van der Waals surface area contributed by atoms with Crippen LogP contribution in [0, 0.1) is 0 Å². The standard InChI is InChI=1S/C19H17N3O5S/c23-17(9-16-19(26)21-14-3-1-2-4-15(14)28-16)22-20-10-12-5-7-13(8-6-12)27-11-18(24)25/h1-8,10,16H,9,11H2,(H,21,26)(H,22,23)(H,24,25)/b20-10+. The minimum absolute atomic E-state index is 0.00411. The second-order valence-corrected chi connectivity index (χ2v) is 7.09. The molecule has 28 heavy (non-hydrogen) atoms. The van der Waals surface area contributed by atoms with Crippen LogP contribution in [0.2, 0.25) is 0 Å². The molecule has 0 radical (unpaired) electrons. The molecule has 1 unspecified atom stereocenters. The van der Waals surface area contributed by atoms with Crippen LogP contribution < -0.4 is 15.5 Å². The summed E-state index contributed by atoms with van der Waals surface area (Å²) in [6, 6.07) is 14.0. The highest BCUT2D eigenvalue weighted by Gasteiger charge is 2.28. The molecule has 8 nitrogen and oxygen atoms in total. The average molecular weight is 399 g/mol. The van der Waals surface area contributed by atoms with Crippen molar-refractivity contribution in [2.75, 3.05) is 11.9 Å². The number of rotatable bonds is 7. The number of ether oxygens (including phenoxy) is 1. The van der Waals surface area contributed by atoms with E-state index >= 15 is 0 Å². The van der Waals surface area contributed by atoms with Gasteiger partial charge in [0.25, 0.3) is 0 Å². The second-order valence-electron chi connectivity index (χ2n) is 5.84. The predicted molar refractivity (Wildman–Crippen MR) is 105 cm³/mol. The Morgan fingerprint density at radius 3 is 2.71 bits per heavy atom. The highest BCUT2D eigenvalue weighted by atomic mass is 32.2. The van der Waals surface area contributed by atoms with Crippen molar-refractivity contribution in [3.8, 4) is 5.75 Å². The Bertz CT molecular complexity index is 914. The number of amides is 2. The van der Waals surface area contributed by atoms with E-state index in [1.807, 2.05) is 24.3 Å². The van der Waals surface area contributed by atoms with Gasteiger partial charge in [0, 0.05) is 11.3 Å². The third-order valence-corrected chi connectivity index (χ3v) is 5.00. The van der Waals surface area contributed by atoms with Crippen molar-refractivity contribution in [1.82, 2.24) is 5.43 Å². The molecule has 0 saturated heterocycles. The number of hydrazone groups is 1. The number of fused-ring (bicyclic) bond motifs is 1. The molecule has 0 spiro atoms. The summed E-state index contributed by atoms with van der Waals surface area (Å²) in [5.41, 5.74) is 3.85. The second kappa shape index (κ2) is 9.05. The Labute approximate surface area is 165 Å². The number of carboxylic acid groups (broad SMARTS) is 1. The molecule has 1 atom stereocenters. The van der Waals surface area contributed by atoms with Crippen LogP contribution in [0.3, 0.4) is 0 Å². The van der Waals surface area contributed by atoms with Gasteiger partial charge in [-0.25, -0.2) is 10.2 Å². The number of anilines is 1. The first-order valence-corrected chi connectivity index (χ1v) is 9.22. The molecule has 3 N–H and O–H groups in total. The SMILES string of the molecule is O=C(O)COc1ccc(/C=N/NC(=O)CC2Sc3ccccc3NC2=O)cc1. The van der Waals surface area contributed by atoms with E-state index < -0.39 is 17.8 Å². The van der Waals surface area contributed by atoms with Gasteiger partial charge in [-0.05, 0) is 42.0 Å². The Morgan fingerprint density at radius 1 is 1.21 bits per heavy atom. The smallest absolute Gasteiger partial charge is 0.341 e. The fourth-order valence-electron chi connectivity index (χ4n) is 2.42. The van der Waals surface area contributed by atoms with Crippen molar-refractivity contribution >= 4 is 41.4 Å². The fraction of sp³-hybridized carbons (Fsp3) is 0.158. The molecule has 0 aromatic heterocycles. The third kappa shape index (κ3) is 5.34. The van der Waals surface area contributed by atoms with Gasteiger partial charge < -0.3 is 15.2 Å². The number of hydrogen-bond acceptors (Lipinski definition) is 6. The minimum Gasteiger partial charge on any atom is -0.482 e.